The molecule has 0 aliphatic heterocycles. The Kier molecular flexibility index (Phi) is 4.36. The van der Waals surface area contributed by atoms with Gasteiger partial charge < -0.3 is 5.32 Å². The van der Waals surface area contributed by atoms with Crippen LogP contribution in [0.2, 0.25) is 0 Å². The maximum atomic E-state index is 4.39. The monoisotopic (exact) mass is 233 g/mol. The van der Waals surface area contributed by atoms with E-state index in [2.05, 4.69) is 50.0 Å². The molecule has 0 aliphatic rings. The lowest BCUT2D eigenvalue weighted by Gasteiger charge is -2.07. The second-order valence-corrected chi connectivity index (χ2v) is 5.43. The Bertz CT molecular complexity index is 439. The van der Waals surface area contributed by atoms with Crippen molar-refractivity contribution in [1.29, 1.82) is 0 Å². The molecule has 0 fully saturated rings. The Labute approximate surface area is 105 Å². The molecule has 0 aromatic carbocycles. The summed E-state index contributed by atoms with van der Waals surface area (Å²) in [6, 6.07) is 0. The summed E-state index contributed by atoms with van der Waals surface area (Å²) < 4.78 is 1.92. The molecule has 0 saturated carbocycles. The summed E-state index contributed by atoms with van der Waals surface area (Å²) in [7, 11) is 1.98. The summed E-state index contributed by atoms with van der Waals surface area (Å²) in [5.41, 5.74) is 3.69. The first-order valence-corrected chi connectivity index (χ1v) is 6.01. The highest BCUT2D eigenvalue weighted by molar-refractivity contribution is 5.24. The van der Waals surface area contributed by atoms with Gasteiger partial charge in [-0.2, -0.15) is 5.10 Å². The van der Waals surface area contributed by atoms with Crippen molar-refractivity contribution in [2.75, 3.05) is 6.54 Å². The smallest absolute Gasteiger partial charge is 0.0641 e. The summed E-state index contributed by atoms with van der Waals surface area (Å²) in [6.45, 7) is 12.1. The van der Waals surface area contributed by atoms with E-state index in [1.165, 1.54) is 11.3 Å². The maximum Gasteiger partial charge on any atom is 0.0641 e. The van der Waals surface area contributed by atoms with Crippen molar-refractivity contribution in [1.82, 2.24) is 15.1 Å². The van der Waals surface area contributed by atoms with E-state index in [9.17, 15) is 0 Å². The number of hydrogen-bond acceptors (Lipinski definition) is 2. The van der Waals surface area contributed by atoms with E-state index >= 15 is 0 Å². The van der Waals surface area contributed by atoms with Crippen molar-refractivity contribution in [2.24, 2.45) is 12.5 Å². The predicted octanol–water partition coefficient (Wildman–Crippen LogP) is 2.18. The van der Waals surface area contributed by atoms with E-state index in [4.69, 9.17) is 0 Å². The van der Waals surface area contributed by atoms with Crippen LogP contribution in [0.3, 0.4) is 0 Å². The van der Waals surface area contributed by atoms with Crippen LogP contribution < -0.4 is 5.32 Å². The summed E-state index contributed by atoms with van der Waals surface area (Å²) in [5, 5.41) is 7.73. The van der Waals surface area contributed by atoms with Crippen molar-refractivity contribution in [2.45, 2.75) is 41.2 Å². The molecule has 3 heteroatoms. The van der Waals surface area contributed by atoms with Crippen molar-refractivity contribution in [3.8, 4) is 11.8 Å². The van der Waals surface area contributed by atoms with Crippen LogP contribution in [-0.4, -0.2) is 16.3 Å². The van der Waals surface area contributed by atoms with Crippen molar-refractivity contribution < 1.29 is 0 Å². The third-order valence-electron chi connectivity index (χ3n) is 2.64. The van der Waals surface area contributed by atoms with Crippen LogP contribution in [0.15, 0.2) is 0 Å². The van der Waals surface area contributed by atoms with E-state index in [1.54, 1.807) is 0 Å². The summed E-state index contributed by atoms with van der Waals surface area (Å²) in [6.07, 6.45) is 0. The zero-order chi connectivity index (χ0) is 13.1. The molecular weight excluding hydrogens is 210 g/mol. The molecule has 0 amide bonds. The molecular formula is C14H23N3. The lowest BCUT2D eigenvalue weighted by Crippen LogP contribution is -2.15. The van der Waals surface area contributed by atoms with Crippen LogP contribution >= 0.6 is 0 Å². The van der Waals surface area contributed by atoms with Gasteiger partial charge in [0.2, 0.25) is 0 Å². The average Bonchev–Trinajstić information content (AvgIpc) is 2.42. The highest BCUT2D eigenvalue weighted by atomic mass is 15.3. The molecule has 1 aromatic rings. The van der Waals surface area contributed by atoms with Crippen LogP contribution in [0.25, 0.3) is 0 Å². The van der Waals surface area contributed by atoms with Gasteiger partial charge in [-0.25, -0.2) is 0 Å². The van der Waals surface area contributed by atoms with E-state index in [0.29, 0.717) is 0 Å². The molecule has 0 atom stereocenters. The fourth-order valence-corrected chi connectivity index (χ4v) is 1.63. The number of nitrogens with one attached hydrogen (secondary N) is 1. The van der Waals surface area contributed by atoms with Crippen molar-refractivity contribution in [3.63, 3.8) is 0 Å². The van der Waals surface area contributed by atoms with Crippen molar-refractivity contribution in [3.05, 3.63) is 17.0 Å². The zero-order valence-corrected chi connectivity index (χ0v) is 11.8. The maximum absolute atomic E-state index is 4.39. The fourth-order valence-electron chi connectivity index (χ4n) is 1.63. The van der Waals surface area contributed by atoms with Gasteiger partial charge in [0.15, 0.2) is 0 Å². The van der Waals surface area contributed by atoms with E-state index in [0.717, 1.165) is 18.8 Å². The average molecular weight is 233 g/mol. The minimum atomic E-state index is 0.0851. The van der Waals surface area contributed by atoms with Crippen LogP contribution in [-0.2, 0) is 13.6 Å². The molecule has 94 valence electrons. The van der Waals surface area contributed by atoms with Crippen LogP contribution in [0, 0.1) is 31.1 Å². The molecule has 0 unspecified atom stereocenters. The van der Waals surface area contributed by atoms with Gasteiger partial charge in [-0.3, -0.25) is 4.68 Å². The second kappa shape index (κ2) is 5.37. The summed E-state index contributed by atoms with van der Waals surface area (Å²) in [4.78, 5) is 0. The van der Waals surface area contributed by atoms with E-state index in [-0.39, 0.29) is 5.41 Å². The molecule has 17 heavy (non-hydrogen) atoms. The number of rotatable bonds is 3. The third kappa shape index (κ3) is 4.24. The van der Waals surface area contributed by atoms with Gasteiger partial charge in [-0.15, -0.1) is 0 Å². The first kappa shape index (κ1) is 13.8. The van der Waals surface area contributed by atoms with E-state index < -0.39 is 0 Å². The van der Waals surface area contributed by atoms with Gasteiger partial charge in [0.05, 0.1) is 12.2 Å². The van der Waals surface area contributed by atoms with Gasteiger partial charge in [0.25, 0.3) is 0 Å². The highest BCUT2D eigenvalue weighted by Crippen LogP contribution is 2.11. The molecule has 0 radical (unpaired) electrons. The Hall–Kier alpha value is -1.27. The molecule has 3 nitrogen and oxygen atoms in total. The molecule has 0 saturated heterocycles. The van der Waals surface area contributed by atoms with E-state index in [1.807, 2.05) is 18.7 Å². The minimum absolute atomic E-state index is 0.0851. The van der Waals surface area contributed by atoms with Crippen LogP contribution in [0.5, 0.6) is 0 Å². The molecule has 1 N–H and O–H groups in total. The van der Waals surface area contributed by atoms with Gasteiger partial charge in [-0.1, -0.05) is 11.8 Å². The minimum Gasteiger partial charge on any atom is -0.302 e. The van der Waals surface area contributed by atoms with Gasteiger partial charge in [-0.05, 0) is 34.6 Å². The molecule has 1 heterocycles. The number of aromatic nitrogens is 2. The SMILES string of the molecule is Cc1nn(C)c(C)c1CNCC#CC(C)(C)C. The summed E-state index contributed by atoms with van der Waals surface area (Å²) in [5.74, 6) is 6.36. The molecule has 1 rings (SSSR count). The van der Waals surface area contributed by atoms with Crippen LogP contribution in [0.4, 0.5) is 0 Å². The normalized spacial score (nSPS) is 11.2. The predicted molar refractivity (Wildman–Crippen MR) is 71.6 cm³/mol. The van der Waals surface area contributed by atoms with Gasteiger partial charge in [0, 0.05) is 30.3 Å². The first-order chi connectivity index (χ1) is 7.81. The fraction of sp³-hybridized carbons (Fsp3) is 0.643. The quantitative estimate of drug-likeness (QED) is 0.640. The molecule has 0 bridgehead atoms. The molecule has 0 spiro atoms. The zero-order valence-electron chi connectivity index (χ0n) is 11.8. The molecule has 1 aromatic heterocycles. The largest absolute Gasteiger partial charge is 0.302 e. The number of aryl methyl sites for hydroxylation is 2. The Balaban J connectivity index is 2.49. The number of nitrogens with zero attached hydrogens (tertiary/aromatic N) is 2. The Morgan fingerprint density at radius 2 is 1.94 bits per heavy atom. The number of hydrogen-bond donors (Lipinski definition) is 1. The molecule has 0 aliphatic carbocycles. The van der Waals surface area contributed by atoms with Gasteiger partial charge in [0.1, 0.15) is 0 Å². The second-order valence-electron chi connectivity index (χ2n) is 5.43. The van der Waals surface area contributed by atoms with Crippen LogP contribution in [0.1, 0.15) is 37.7 Å². The van der Waals surface area contributed by atoms with Crippen molar-refractivity contribution >= 4 is 0 Å². The topological polar surface area (TPSA) is 29.9 Å². The Morgan fingerprint density at radius 1 is 1.29 bits per heavy atom. The summed E-state index contributed by atoms with van der Waals surface area (Å²) >= 11 is 0. The standard InChI is InChI=1S/C14H23N3/c1-11-13(12(2)17(6)16-11)10-15-9-7-8-14(3,4)5/h15H,9-10H2,1-6H3. The Morgan fingerprint density at radius 3 is 2.41 bits per heavy atom. The third-order valence-corrected chi connectivity index (χ3v) is 2.64. The lowest BCUT2D eigenvalue weighted by molar-refractivity contribution is 0.570. The lowest BCUT2D eigenvalue weighted by atomic mass is 9.98. The van der Waals surface area contributed by atoms with Gasteiger partial charge >= 0.3 is 0 Å². The highest BCUT2D eigenvalue weighted by Gasteiger charge is 2.07. The first-order valence-electron chi connectivity index (χ1n) is 6.01.